The maximum absolute atomic E-state index is 5.88. The first-order chi connectivity index (χ1) is 10.8. The van der Waals surface area contributed by atoms with Gasteiger partial charge >= 0.3 is 0 Å². The lowest BCUT2D eigenvalue weighted by Crippen LogP contribution is -2.08. The first-order valence-electron chi connectivity index (χ1n) is 8.11. The van der Waals surface area contributed by atoms with Gasteiger partial charge in [0.15, 0.2) is 11.5 Å². The maximum Gasteiger partial charge on any atom is 0.231 e. The minimum absolute atomic E-state index is 0.290. The van der Waals surface area contributed by atoms with Gasteiger partial charge in [-0.3, -0.25) is 0 Å². The molecule has 1 aromatic rings. The van der Waals surface area contributed by atoms with Crippen molar-refractivity contribution in [2.45, 2.75) is 45.1 Å². The Hall–Kier alpha value is -1.68. The van der Waals surface area contributed by atoms with E-state index in [1.807, 2.05) is 18.2 Å². The summed E-state index contributed by atoms with van der Waals surface area (Å²) in [6, 6.07) is 5.65. The molecule has 1 aliphatic carbocycles. The summed E-state index contributed by atoms with van der Waals surface area (Å²) >= 11 is 0. The standard InChI is InChI=1S/C18H24O4/c1-14(8-10-19-15-4-2-3-5-15)9-11-20-16-6-7-17-18(12-16)22-13-21-17/h6-7,9,12,15H,2-5,8,10-11,13H2,1H3/b14-9+. The second kappa shape index (κ2) is 7.54. The summed E-state index contributed by atoms with van der Waals surface area (Å²) in [5.74, 6) is 2.34. The molecule has 120 valence electrons. The maximum atomic E-state index is 5.88. The summed E-state index contributed by atoms with van der Waals surface area (Å²) in [7, 11) is 0. The Morgan fingerprint density at radius 3 is 2.91 bits per heavy atom. The number of benzene rings is 1. The lowest BCUT2D eigenvalue weighted by Gasteiger charge is -2.11. The van der Waals surface area contributed by atoms with Gasteiger partial charge in [-0.05, 0) is 44.4 Å². The summed E-state index contributed by atoms with van der Waals surface area (Å²) in [5.41, 5.74) is 1.30. The van der Waals surface area contributed by atoms with Gasteiger partial charge in [-0.1, -0.05) is 18.4 Å². The molecule has 4 heteroatoms. The van der Waals surface area contributed by atoms with E-state index in [0.29, 0.717) is 19.5 Å². The van der Waals surface area contributed by atoms with Crippen molar-refractivity contribution in [3.05, 3.63) is 29.8 Å². The van der Waals surface area contributed by atoms with Crippen molar-refractivity contribution < 1.29 is 18.9 Å². The SMILES string of the molecule is C/C(=C\COc1ccc2c(c1)OCO2)CCOC1CCCC1. The van der Waals surface area contributed by atoms with Crippen LogP contribution in [-0.2, 0) is 4.74 Å². The Morgan fingerprint density at radius 1 is 1.23 bits per heavy atom. The van der Waals surface area contributed by atoms with Crippen molar-refractivity contribution in [1.29, 1.82) is 0 Å². The highest BCUT2D eigenvalue weighted by Gasteiger charge is 2.15. The molecule has 1 fully saturated rings. The average Bonchev–Trinajstić information content (AvgIpc) is 3.17. The predicted molar refractivity (Wildman–Crippen MR) is 84.6 cm³/mol. The molecule has 1 saturated carbocycles. The molecule has 0 aromatic heterocycles. The number of ether oxygens (including phenoxy) is 4. The second-order valence-electron chi connectivity index (χ2n) is 5.90. The van der Waals surface area contributed by atoms with Crippen LogP contribution in [0.5, 0.6) is 17.2 Å². The molecule has 1 aliphatic heterocycles. The zero-order chi connectivity index (χ0) is 15.2. The van der Waals surface area contributed by atoms with Crippen LogP contribution in [0.4, 0.5) is 0 Å². The molecular formula is C18H24O4. The lowest BCUT2D eigenvalue weighted by atomic mass is 10.2. The van der Waals surface area contributed by atoms with Crippen molar-refractivity contribution in [1.82, 2.24) is 0 Å². The van der Waals surface area contributed by atoms with E-state index in [-0.39, 0.29) is 0 Å². The van der Waals surface area contributed by atoms with Crippen LogP contribution in [0.1, 0.15) is 39.0 Å². The van der Waals surface area contributed by atoms with Crippen LogP contribution in [0.25, 0.3) is 0 Å². The Morgan fingerprint density at radius 2 is 2.05 bits per heavy atom. The van der Waals surface area contributed by atoms with Crippen molar-refractivity contribution >= 4 is 0 Å². The van der Waals surface area contributed by atoms with Gasteiger partial charge in [0, 0.05) is 6.07 Å². The van der Waals surface area contributed by atoms with Gasteiger partial charge in [0.2, 0.25) is 6.79 Å². The van der Waals surface area contributed by atoms with Gasteiger partial charge in [0.1, 0.15) is 12.4 Å². The summed E-state index contributed by atoms with van der Waals surface area (Å²) in [4.78, 5) is 0. The highest BCUT2D eigenvalue weighted by molar-refractivity contribution is 5.46. The van der Waals surface area contributed by atoms with E-state index >= 15 is 0 Å². The minimum atomic E-state index is 0.290. The molecule has 1 aromatic carbocycles. The van der Waals surface area contributed by atoms with E-state index in [4.69, 9.17) is 18.9 Å². The first-order valence-corrected chi connectivity index (χ1v) is 8.11. The van der Waals surface area contributed by atoms with Gasteiger partial charge in [0.05, 0.1) is 12.7 Å². The van der Waals surface area contributed by atoms with Crippen LogP contribution in [0.2, 0.25) is 0 Å². The van der Waals surface area contributed by atoms with Crippen LogP contribution in [0.3, 0.4) is 0 Å². The molecule has 22 heavy (non-hydrogen) atoms. The fraction of sp³-hybridized carbons (Fsp3) is 0.556. The van der Waals surface area contributed by atoms with Crippen LogP contribution in [0.15, 0.2) is 29.8 Å². The number of rotatable bonds is 7. The summed E-state index contributed by atoms with van der Waals surface area (Å²) in [6.45, 7) is 3.80. The fourth-order valence-corrected chi connectivity index (χ4v) is 2.79. The number of fused-ring (bicyclic) bond motifs is 1. The van der Waals surface area contributed by atoms with Crippen molar-refractivity contribution in [2.24, 2.45) is 0 Å². The zero-order valence-electron chi connectivity index (χ0n) is 13.2. The minimum Gasteiger partial charge on any atom is -0.489 e. The fourth-order valence-electron chi connectivity index (χ4n) is 2.79. The van der Waals surface area contributed by atoms with E-state index in [0.717, 1.165) is 30.3 Å². The van der Waals surface area contributed by atoms with Crippen LogP contribution in [0, 0.1) is 0 Å². The van der Waals surface area contributed by atoms with Crippen molar-refractivity contribution in [2.75, 3.05) is 20.0 Å². The van der Waals surface area contributed by atoms with E-state index in [1.54, 1.807) is 0 Å². The molecule has 0 atom stereocenters. The summed E-state index contributed by atoms with van der Waals surface area (Å²) < 4.78 is 22.2. The van der Waals surface area contributed by atoms with Crippen LogP contribution < -0.4 is 14.2 Å². The molecule has 0 unspecified atom stereocenters. The largest absolute Gasteiger partial charge is 0.489 e. The first kappa shape index (κ1) is 15.2. The molecule has 4 nitrogen and oxygen atoms in total. The highest BCUT2D eigenvalue weighted by Crippen LogP contribution is 2.35. The van der Waals surface area contributed by atoms with Gasteiger partial charge in [-0.25, -0.2) is 0 Å². The number of hydrogen-bond acceptors (Lipinski definition) is 4. The Balaban J connectivity index is 1.37. The molecule has 3 rings (SSSR count). The summed E-state index contributed by atoms with van der Waals surface area (Å²) in [5, 5.41) is 0. The highest BCUT2D eigenvalue weighted by atomic mass is 16.7. The normalized spacial score (nSPS) is 18.0. The average molecular weight is 304 g/mol. The van der Waals surface area contributed by atoms with E-state index < -0.39 is 0 Å². The molecule has 0 saturated heterocycles. The molecule has 0 radical (unpaired) electrons. The zero-order valence-corrected chi connectivity index (χ0v) is 13.2. The topological polar surface area (TPSA) is 36.9 Å². The quantitative estimate of drug-likeness (QED) is 0.711. The number of hydrogen-bond donors (Lipinski definition) is 0. The Kier molecular flexibility index (Phi) is 5.22. The molecule has 0 bridgehead atoms. The third-order valence-corrected chi connectivity index (χ3v) is 4.18. The Labute approximate surface area is 132 Å². The van der Waals surface area contributed by atoms with Crippen molar-refractivity contribution in [3.8, 4) is 17.2 Å². The van der Waals surface area contributed by atoms with Gasteiger partial charge < -0.3 is 18.9 Å². The van der Waals surface area contributed by atoms with Crippen LogP contribution in [-0.4, -0.2) is 26.1 Å². The Bertz CT molecular complexity index is 518. The molecular weight excluding hydrogens is 280 g/mol. The van der Waals surface area contributed by atoms with Crippen LogP contribution >= 0.6 is 0 Å². The van der Waals surface area contributed by atoms with E-state index in [2.05, 4.69) is 13.0 Å². The van der Waals surface area contributed by atoms with Crippen molar-refractivity contribution in [3.63, 3.8) is 0 Å². The predicted octanol–water partition coefficient (Wildman–Crippen LogP) is 4.09. The second-order valence-corrected chi connectivity index (χ2v) is 5.90. The monoisotopic (exact) mass is 304 g/mol. The summed E-state index contributed by atoms with van der Waals surface area (Å²) in [6.07, 6.45) is 8.69. The lowest BCUT2D eigenvalue weighted by molar-refractivity contribution is 0.0606. The molecule has 0 spiro atoms. The van der Waals surface area contributed by atoms with Gasteiger partial charge in [-0.2, -0.15) is 0 Å². The molecule has 1 heterocycles. The molecule has 2 aliphatic rings. The molecule has 0 N–H and O–H groups in total. The molecule has 0 amide bonds. The third kappa shape index (κ3) is 4.17. The van der Waals surface area contributed by atoms with E-state index in [1.165, 1.54) is 31.3 Å². The third-order valence-electron chi connectivity index (χ3n) is 4.18. The van der Waals surface area contributed by atoms with Gasteiger partial charge in [-0.15, -0.1) is 0 Å². The van der Waals surface area contributed by atoms with E-state index in [9.17, 15) is 0 Å². The van der Waals surface area contributed by atoms with Gasteiger partial charge in [0.25, 0.3) is 0 Å². The smallest absolute Gasteiger partial charge is 0.231 e.